The number of aliphatic hydroxyl groups is 4. The van der Waals surface area contributed by atoms with E-state index < -0.39 is 42.7 Å². The maximum atomic E-state index is 9.81. The third-order valence-corrected chi connectivity index (χ3v) is 3.41. The molecule has 0 amide bonds. The van der Waals surface area contributed by atoms with Gasteiger partial charge in [-0.15, -0.1) is 0 Å². The quantitative estimate of drug-likeness (QED) is 0.230. The van der Waals surface area contributed by atoms with Crippen LogP contribution in [-0.4, -0.2) is 70.3 Å². The van der Waals surface area contributed by atoms with Gasteiger partial charge in [-0.2, -0.15) is 0 Å². The summed E-state index contributed by atoms with van der Waals surface area (Å²) in [6, 6.07) is -0.776. The Labute approximate surface area is 133 Å². The van der Waals surface area contributed by atoms with E-state index in [1.165, 1.54) is 0 Å². The number of carboxylic acid groups (broad SMARTS) is 1. The summed E-state index contributed by atoms with van der Waals surface area (Å²) in [7, 11) is 0. The van der Waals surface area contributed by atoms with E-state index in [0.717, 1.165) is 0 Å². The fraction of sp³-hybridized carbons (Fsp3) is 0.846. The number of unbranched alkanes of at least 4 members (excludes halogenated alkanes) is 1. The zero-order valence-corrected chi connectivity index (χ0v) is 12.8. The van der Waals surface area contributed by atoms with E-state index >= 15 is 0 Å². The first-order chi connectivity index (χ1) is 10.7. The highest BCUT2D eigenvalue weighted by Crippen LogP contribution is 2.29. The van der Waals surface area contributed by atoms with Gasteiger partial charge < -0.3 is 45.5 Å². The van der Waals surface area contributed by atoms with E-state index in [1.807, 2.05) is 0 Å². The molecule has 1 rings (SSSR count). The van der Waals surface area contributed by atoms with Crippen molar-refractivity contribution in [2.75, 3.05) is 13.2 Å². The lowest BCUT2D eigenvalue weighted by atomic mass is 9.87. The Balaban J connectivity index is 0.000000438. The van der Waals surface area contributed by atoms with Crippen LogP contribution >= 0.6 is 0 Å². The van der Waals surface area contributed by atoms with Crippen LogP contribution in [0.3, 0.4) is 0 Å². The van der Waals surface area contributed by atoms with Crippen LogP contribution in [0.4, 0.5) is 0 Å². The Morgan fingerprint density at radius 2 is 2.04 bits per heavy atom. The number of carbonyl (C=O) groups is 2. The molecule has 0 radical (unpaired) electrons. The Hall–Kier alpha value is -1.30. The van der Waals surface area contributed by atoms with Gasteiger partial charge in [-0.05, 0) is 19.3 Å². The van der Waals surface area contributed by atoms with Gasteiger partial charge in [0.25, 0.3) is 6.47 Å². The summed E-state index contributed by atoms with van der Waals surface area (Å²) in [4.78, 5) is 19.4. The molecule has 5 unspecified atom stereocenters. The summed E-state index contributed by atoms with van der Waals surface area (Å²) in [6.45, 7) is 1.40. The topological polar surface area (TPSA) is 183 Å². The Kier molecular flexibility index (Phi) is 9.88. The van der Waals surface area contributed by atoms with Gasteiger partial charge in [-0.3, -0.25) is 4.79 Å². The summed E-state index contributed by atoms with van der Waals surface area (Å²) >= 11 is 0. The lowest BCUT2D eigenvalue weighted by Crippen LogP contribution is -2.64. The summed E-state index contributed by atoms with van der Waals surface area (Å²) in [5, 5.41) is 46.7. The molecule has 10 heteroatoms. The van der Waals surface area contributed by atoms with Gasteiger partial charge in [0.05, 0.1) is 19.3 Å². The highest BCUT2D eigenvalue weighted by Gasteiger charge is 2.49. The average Bonchev–Trinajstić information content (AvgIpc) is 2.51. The van der Waals surface area contributed by atoms with Crippen molar-refractivity contribution in [3.63, 3.8) is 0 Å². The fourth-order valence-corrected chi connectivity index (χ4v) is 1.87. The van der Waals surface area contributed by atoms with E-state index in [0.29, 0.717) is 19.3 Å². The van der Waals surface area contributed by atoms with E-state index in [1.54, 1.807) is 6.92 Å². The minimum atomic E-state index is -2.12. The highest BCUT2D eigenvalue weighted by molar-refractivity contribution is 5.64. The van der Waals surface area contributed by atoms with Crippen LogP contribution in [-0.2, 0) is 19.1 Å². The number of aliphatic carboxylic acids is 1. The second-order valence-corrected chi connectivity index (χ2v) is 5.19. The Bertz CT molecular complexity index is 367. The molecule has 1 fully saturated rings. The van der Waals surface area contributed by atoms with Crippen molar-refractivity contribution < 1.29 is 44.6 Å². The zero-order valence-electron chi connectivity index (χ0n) is 12.8. The summed E-state index contributed by atoms with van der Waals surface area (Å²) < 4.78 is 8.93. The largest absolute Gasteiger partial charge is 0.550 e. The molecule has 10 nitrogen and oxygen atoms in total. The second-order valence-electron chi connectivity index (χ2n) is 5.19. The van der Waals surface area contributed by atoms with Crippen LogP contribution in [0, 0.1) is 5.92 Å². The molecule has 0 aromatic rings. The minimum Gasteiger partial charge on any atom is -0.550 e. The molecule has 136 valence electrons. The SMILES string of the molecule is CC1C(N)C(O)OC(O)(CO)C1O.O=COCCCCC(=O)[O-]. The van der Waals surface area contributed by atoms with Crippen LogP contribution in [0.25, 0.3) is 0 Å². The normalized spacial score (nSPS) is 33.3. The van der Waals surface area contributed by atoms with Gasteiger partial charge in [-0.25, -0.2) is 0 Å². The third-order valence-electron chi connectivity index (χ3n) is 3.41. The number of nitrogens with two attached hydrogens (primary N) is 1. The molecule has 5 atom stereocenters. The number of hydrogen-bond donors (Lipinski definition) is 5. The van der Waals surface area contributed by atoms with Crippen molar-refractivity contribution in [1.29, 1.82) is 0 Å². The maximum Gasteiger partial charge on any atom is 0.293 e. The average molecular weight is 338 g/mol. The van der Waals surface area contributed by atoms with Crippen molar-refractivity contribution in [2.24, 2.45) is 11.7 Å². The van der Waals surface area contributed by atoms with Gasteiger partial charge in [0.1, 0.15) is 6.10 Å². The Morgan fingerprint density at radius 3 is 2.52 bits per heavy atom. The van der Waals surface area contributed by atoms with Crippen LogP contribution in [0.2, 0.25) is 0 Å². The number of hydrogen-bond acceptors (Lipinski definition) is 10. The summed E-state index contributed by atoms with van der Waals surface area (Å²) in [5.74, 6) is -3.73. The molecule has 1 heterocycles. The molecular formula is C13H24NO9-. The molecule has 1 aliphatic rings. The van der Waals surface area contributed by atoms with Gasteiger partial charge in [-0.1, -0.05) is 6.92 Å². The number of ether oxygens (including phenoxy) is 2. The number of carboxylic acids is 1. The molecule has 0 spiro atoms. The van der Waals surface area contributed by atoms with Crippen LogP contribution < -0.4 is 10.8 Å². The molecule has 0 aliphatic carbocycles. The third kappa shape index (κ3) is 7.20. The first-order valence-corrected chi connectivity index (χ1v) is 7.07. The molecule has 0 aromatic carbocycles. The van der Waals surface area contributed by atoms with Gasteiger partial charge >= 0.3 is 0 Å². The van der Waals surface area contributed by atoms with Gasteiger partial charge in [0, 0.05) is 11.9 Å². The molecule has 0 bridgehead atoms. The smallest absolute Gasteiger partial charge is 0.293 e. The standard InChI is InChI=1S/C7H15NO5.C6H10O4/c1-3-4(8)6(11)13-7(12,2-9)5(3)10;7-5-10-4-2-1-3-6(8)9/h3-6,9-12H,2,8H2,1H3;5H,1-4H2,(H,8,9)/p-1. The van der Waals surface area contributed by atoms with Crippen LogP contribution in [0.15, 0.2) is 0 Å². The molecule has 23 heavy (non-hydrogen) atoms. The number of rotatable bonds is 7. The van der Waals surface area contributed by atoms with Gasteiger partial charge in [0.15, 0.2) is 6.29 Å². The van der Waals surface area contributed by atoms with Gasteiger partial charge in [0.2, 0.25) is 5.79 Å². The molecule has 0 saturated carbocycles. The Morgan fingerprint density at radius 1 is 1.43 bits per heavy atom. The first kappa shape index (κ1) is 21.7. The maximum absolute atomic E-state index is 9.81. The predicted molar refractivity (Wildman–Crippen MR) is 73.1 cm³/mol. The van der Waals surface area contributed by atoms with Crippen molar-refractivity contribution in [1.82, 2.24) is 0 Å². The first-order valence-electron chi connectivity index (χ1n) is 7.07. The summed E-state index contributed by atoms with van der Waals surface area (Å²) in [5.41, 5.74) is 5.46. The minimum absolute atomic E-state index is 0.0300. The molecule has 1 saturated heterocycles. The molecule has 1 aliphatic heterocycles. The molecule has 6 N–H and O–H groups in total. The zero-order chi connectivity index (χ0) is 18.0. The fourth-order valence-electron chi connectivity index (χ4n) is 1.87. The van der Waals surface area contributed by atoms with Crippen LogP contribution in [0.1, 0.15) is 26.2 Å². The molecule has 0 aromatic heterocycles. The second kappa shape index (κ2) is 10.5. The van der Waals surface area contributed by atoms with Crippen molar-refractivity contribution >= 4 is 12.4 Å². The predicted octanol–water partition coefficient (Wildman–Crippen LogP) is -3.58. The van der Waals surface area contributed by atoms with E-state index in [9.17, 15) is 30.0 Å². The van der Waals surface area contributed by atoms with E-state index in [4.69, 9.17) is 10.8 Å². The highest BCUT2D eigenvalue weighted by atomic mass is 16.7. The van der Waals surface area contributed by atoms with Crippen molar-refractivity contribution in [3.05, 3.63) is 0 Å². The molecular weight excluding hydrogens is 314 g/mol. The van der Waals surface area contributed by atoms with E-state index in [-0.39, 0.29) is 13.0 Å². The van der Waals surface area contributed by atoms with Crippen molar-refractivity contribution in [3.8, 4) is 0 Å². The summed E-state index contributed by atoms with van der Waals surface area (Å²) in [6.07, 6.45) is -1.59. The monoisotopic (exact) mass is 338 g/mol. The van der Waals surface area contributed by atoms with E-state index in [2.05, 4.69) is 9.47 Å². The van der Waals surface area contributed by atoms with Crippen LogP contribution in [0.5, 0.6) is 0 Å². The lowest BCUT2D eigenvalue weighted by molar-refractivity contribution is -0.363. The van der Waals surface area contributed by atoms with Crippen molar-refractivity contribution in [2.45, 2.75) is 50.4 Å². The number of aliphatic hydroxyl groups excluding tert-OH is 3. The number of carbonyl (C=O) groups excluding carboxylic acids is 2. The lowest BCUT2D eigenvalue weighted by Gasteiger charge is -2.44.